The number of β-amino-alcohol motifs (C(OH)–C–C–N with tert-alkyl or cyclic N) is 1. The first-order valence-electron chi connectivity index (χ1n) is 9.02. The molecule has 0 spiro atoms. The van der Waals surface area contributed by atoms with Crippen LogP contribution in [-0.4, -0.2) is 46.3 Å². The molecule has 1 aliphatic rings. The molecular weight excluding hydrogens is 498 g/mol. The Labute approximate surface area is 180 Å². The zero-order valence-corrected chi connectivity index (χ0v) is 18.1. The van der Waals surface area contributed by atoms with Gasteiger partial charge in [-0.1, -0.05) is 19.9 Å². The molecule has 156 valence electrons. The van der Waals surface area contributed by atoms with Crippen molar-refractivity contribution in [3.63, 3.8) is 0 Å². The number of nitrogens with zero attached hydrogens (tertiary/aromatic N) is 1. The molecule has 0 bridgehead atoms. The average Bonchev–Trinajstić information content (AvgIpc) is 2.64. The van der Waals surface area contributed by atoms with Gasteiger partial charge in [-0.25, -0.2) is 13.2 Å². The summed E-state index contributed by atoms with van der Waals surface area (Å²) >= 11 is 1.94. The fourth-order valence-corrected chi connectivity index (χ4v) is 3.75. The van der Waals surface area contributed by atoms with E-state index in [1.54, 1.807) is 19.9 Å². The molecule has 1 fully saturated rings. The molecule has 0 atom stereocenters. The van der Waals surface area contributed by atoms with Crippen molar-refractivity contribution >= 4 is 28.5 Å². The van der Waals surface area contributed by atoms with E-state index in [0.717, 1.165) is 6.07 Å². The molecule has 0 aromatic heterocycles. The molecule has 3 rings (SSSR count). The maximum Gasteiger partial charge on any atom is 0.254 e. The normalized spacial score (nSPS) is 15.9. The maximum atomic E-state index is 14.5. The lowest BCUT2D eigenvalue weighted by Gasteiger charge is -2.54. The SMILES string of the molecule is CC(C)(CO)C1(O)CN(C(=O)c2ccc(F)c(F)c2Cc2ccc(I)cc2F)C1. The van der Waals surface area contributed by atoms with Crippen LogP contribution in [0.25, 0.3) is 0 Å². The standard InChI is InChI=1S/C21H21F3INO3/c1-20(2,11-27)21(29)9-26(10-21)19(28)14-5-6-16(22)18(24)15(14)7-12-3-4-13(25)8-17(12)23/h3-6,8,27,29H,7,9-11H2,1-2H3. The van der Waals surface area contributed by atoms with Crippen LogP contribution >= 0.6 is 22.6 Å². The van der Waals surface area contributed by atoms with Crippen LogP contribution in [0, 0.1) is 26.4 Å². The van der Waals surface area contributed by atoms with Gasteiger partial charge in [0.15, 0.2) is 11.6 Å². The summed E-state index contributed by atoms with van der Waals surface area (Å²) in [5.41, 5.74) is -2.27. The third kappa shape index (κ3) is 4.02. The smallest absolute Gasteiger partial charge is 0.254 e. The molecule has 1 saturated heterocycles. The number of halogens is 4. The minimum atomic E-state index is -1.28. The number of amides is 1. The van der Waals surface area contributed by atoms with Gasteiger partial charge in [-0.15, -0.1) is 0 Å². The van der Waals surface area contributed by atoms with Gasteiger partial charge < -0.3 is 15.1 Å². The van der Waals surface area contributed by atoms with Gasteiger partial charge in [0.25, 0.3) is 5.91 Å². The van der Waals surface area contributed by atoms with Gasteiger partial charge in [-0.3, -0.25) is 4.79 Å². The summed E-state index contributed by atoms with van der Waals surface area (Å²) in [7, 11) is 0. The third-order valence-electron chi connectivity index (χ3n) is 5.66. The second-order valence-corrected chi connectivity index (χ2v) is 9.28. The minimum absolute atomic E-state index is 0.0459. The fourth-order valence-electron chi connectivity index (χ4n) is 3.30. The maximum absolute atomic E-state index is 14.5. The van der Waals surface area contributed by atoms with Crippen LogP contribution in [0.4, 0.5) is 13.2 Å². The Morgan fingerprint density at radius 1 is 1.17 bits per heavy atom. The Morgan fingerprint density at radius 3 is 2.41 bits per heavy atom. The molecule has 29 heavy (non-hydrogen) atoms. The van der Waals surface area contributed by atoms with Gasteiger partial charge in [0.05, 0.1) is 19.7 Å². The lowest BCUT2D eigenvalue weighted by Crippen LogP contribution is -2.70. The highest BCUT2D eigenvalue weighted by molar-refractivity contribution is 14.1. The molecule has 1 heterocycles. The van der Waals surface area contributed by atoms with E-state index in [1.807, 2.05) is 22.6 Å². The molecule has 1 amide bonds. The van der Waals surface area contributed by atoms with Gasteiger partial charge in [0.1, 0.15) is 11.4 Å². The Morgan fingerprint density at radius 2 is 1.83 bits per heavy atom. The number of rotatable bonds is 5. The fraction of sp³-hybridized carbons (Fsp3) is 0.381. The molecule has 2 N–H and O–H groups in total. The highest BCUT2D eigenvalue weighted by Crippen LogP contribution is 2.39. The number of likely N-dealkylation sites (tertiary alicyclic amines) is 1. The third-order valence-corrected chi connectivity index (χ3v) is 6.33. The van der Waals surface area contributed by atoms with E-state index in [2.05, 4.69) is 0 Å². The molecular formula is C21H21F3INO3. The lowest BCUT2D eigenvalue weighted by molar-refractivity contribution is -0.166. The van der Waals surface area contributed by atoms with Crippen molar-refractivity contribution < 1.29 is 28.2 Å². The topological polar surface area (TPSA) is 60.8 Å². The van der Waals surface area contributed by atoms with Crippen molar-refractivity contribution in [3.05, 3.63) is 68.0 Å². The Bertz CT molecular complexity index is 958. The van der Waals surface area contributed by atoms with Crippen LogP contribution < -0.4 is 0 Å². The predicted molar refractivity (Wildman–Crippen MR) is 110 cm³/mol. The van der Waals surface area contributed by atoms with E-state index in [-0.39, 0.29) is 42.8 Å². The van der Waals surface area contributed by atoms with Crippen molar-refractivity contribution in [3.8, 4) is 0 Å². The van der Waals surface area contributed by atoms with Crippen molar-refractivity contribution in [1.29, 1.82) is 0 Å². The molecule has 0 saturated carbocycles. The van der Waals surface area contributed by atoms with Crippen LogP contribution in [0.5, 0.6) is 0 Å². The van der Waals surface area contributed by atoms with Crippen LogP contribution in [0.1, 0.15) is 35.3 Å². The molecule has 0 unspecified atom stereocenters. The summed E-state index contributed by atoms with van der Waals surface area (Å²) in [6, 6.07) is 6.43. The molecule has 0 radical (unpaired) electrons. The molecule has 4 nitrogen and oxygen atoms in total. The van der Waals surface area contributed by atoms with Gasteiger partial charge in [-0.05, 0) is 52.4 Å². The van der Waals surface area contributed by atoms with Crippen molar-refractivity contribution in [2.24, 2.45) is 5.41 Å². The summed E-state index contributed by atoms with van der Waals surface area (Å²) < 4.78 is 43.3. The van der Waals surface area contributed by atoms with E-state index in [4.69, 9.17) is 0 Å². The number of aliphatic hydroxyl groups excluding tert-OH is 1. The quantitative estimate of drug-likeness (QED) is 0.595. The summed E-state index contributed by atoms with van der Waals surface area (Å²) in [5, 5.41) is 20.1. The number of carbonyl (C=O) groups is 1. The molecule has 2 aromatic rings. The first kappa shape index (κ1) is 22.0. The molecule has 0 aliphatic carbocycles. The van der Waals surface area contributed by atoms with E-state index in [9.17, 15) is 28.2 Å². The Balaban J connectivity index is 1.91. The van der Waals surface area contributed by atoms with Gasteiger partial charge in [0.2, 0.25) is 0 Å². The van der Waals surface area contributed by atoms with Gasteiger partial charge in [-0.2, -0.15) is 0 Å². The van der Waals surface area contributed by atoms with Crippen LogP contribution in [0.2, 0.25) is 0 Å². The average molecular weight is 519 g/mol. The number of hydrogen-bond acceptors (Lipinski definition) is 3. The summed E-state index contributed by atoms with van der Waals surface area (Å²) in [6.45, 7) is 2.99. The number of aliphatic hydroxyl groups is 2. The van der Waals surface area contributed by atoms with E-state index in [0.29, 0.717) is 3.57 Å². The van der Waals surface area contributed by atoms with Crippen molar-refractivity contribution in [2.75, 3.05) is 19.7 Å². The Hall–Kier alpha value is -1.65. The van der Waals surface area contributed by atoms with E-state index >= 15 is 0 Å². The van der Waals surface area contributed by atoms with Gasteiger partial charge in [0, 0.05) is 26.5 Å². The Kier molecular flexibility index (Phi) is 5.99. The molecule has 2 aromatic carbocycles. The van der Waals surface area contributed by atoms with Crippen LogP contribution in [-0.2, 0) is 6.42 Å². The molecule has 1 aliphatic heterocycles. The first-order chi connectivity index (χ1) is 13.5. The highest BCUT2D eigenvalue weighted by Gasteiger charge is 2.53. The van der Waals surface area contributed by atoms with E-state index in [1.165, 1.54) is 23.1 Å². The number of hydrogen-bond donors (Lipinski definition) is 2. The number of benzene rings is 2. The predicted octanol–water partition coefficient (Wildman–Crippen LogP) is 3.50. The molecule has 8 heteroatoms. The second-order valence-electron chi connectivity index (χ2n) is 8.03. The highest BCUT2D eigenvalue weighted by atomic mass is 127. The number of carbonyl (C=O) groups excluding carboxylic acids is 1. The lowest BCUT2D eigenvalue weighted by atomic mass is 9.70. The van der Waals surface area contributed by atoms with Crippen LogP contribution in [0.15, 0.2) is 30.3 Å². The van der Waals surface area contributed by atoms with Crippen LogP contribution in [0.3, 0.4) is 0 Å². The zero-order valence-electron chi connectivity index (χ0n) is 16.0. The first-order valence-corrected chi connectivity index (χ1v) is 10.1. The monoisotopic (exact) mass is 519 g/mol. The summed E-state index contributed by atoms with van der Waals surface area (Å²) in [5.74, 6) is -3.46. The largest absolute Gasteiger partial charge is 0.396 e. The second kappa shape index (κ2) is 7.88. The van der Waals surface area contributed by atoms with Gasteiger partial charge >= 0.3 is 0 Å². The minimum Gasteiger partial charge on any atom is -0.396 e. The van der Waals surface area contributed by atoms with Crippen molar-refractivity contribution in [2.45, 2.75) is 25.9 Å². The summed E-state index contributed by atoms with van der Waals surface area (Å²) in [6.07, 6.45) is -0.284. The zero-order chi connectivity index (χ0) is 21.6. The van der Waals surface area contributed by atoms with E-state index < -0.39 is 34.4 Å². The summed E-state index contributed by atoms with van der Waals surface area (Å²) in [4.78, 5) is 14.2. The van der Waals surface area contributed by atoms with Crippen molar-refractivity contribution in [1.82, 2.24) is 4.90 Å².